The minimum atomic E-state index is 0.419. The molecule has 1 aromatic heterocycles. The molecule has 0 unspecified atom stereocenters. The van der Waals surface area contributed by atoms with Crippen molar-refractivity contribution in [1.82, 2.24) is 10.3 Å². The van der Waals surface area contributed by atoms with E-state index in [1.54, 1.807) is 0 Å². The molecule has 2 rings (SSSR count). The van der Waals surface area contributed by atoms with Crippen molar-refractivity contribution in [2.45, 2.75) is 27.0 Å². The Bertz CT molecular complexity index is 572. The molecule has 1 N–H and O–H groups in total. The lowest BCUT2D eigenvalue weighted by Crippen LogP contribution is -2.13. The second kappa shape index (κ2) is 7.27. The summed E-state index contributed by atoms with van der Waals surface area (Å²) in [6.07, 6.45) is 0. The number of rotatable bonds is 6. The van der Waals surface area contributed by atoms with E-state index >= 15 is 0 Å². The molecule has 1 heterocycles. The molecule has 106 valence electrons. The van der Waals surface area contributed by atoms with Crippen molar-refractivity contribution in [1.29, 1.82) is 0 Å². The summed E-state index contributed by atoms with van der Waals surface area (Å²) in [5.74, 6) is 0.691. The molecule has 0 saturated carbocycles. The average Bonchev–Trinajstić information content (AvgIpc) is 2.45. The molecule has 0 aliphatic heterocycles. The second-order valence-electron chi connectivity index (χ2n) is 4.62. The van der Waals surface area contributed by atoms with Crippen LogP contribution in [0.1, 0.15) is 23.9 Å². The lowest BCUT2D eigenvalue weighted by atomic mass is 10.2. The summed E-state index contributed by atoms with van der Waals surface area (Å²) in [6.45, 7) is 6.20. The monoisotopic (exact) mass is 290 g/mol. The second-order valence-corrected chi connectivity index (χ2v) is 5.03. The fourth-order valence-electron chi connectivity index (χ4n) is 1.84. The topological polar surface area (TPSA) is 34.1 Å². The lowest BCUT2D eigenvalue weighted by molar-refractivity contribution is 0.301. The first-order valence-corrected chi connectivity index (χ1v) is 7.11. The van der Waals surface area contributed by atoms with Crippen LogP contribution in [0, 0.1) is 6.92 Å². The molecule has 4 heteroatoms. The van der Waals surface area contributed by atoms with Gasteiger partial charge in [0.25, 0.3) is 0 Å². The lowest BCUT2D eigenvalue weighted by Gasteiger charge is -2.09. The van der Waals surface area contributed by atoms with Gasteiger partial charge in [-0.25, -0.2) is 0 Å². The molecule has 0 spiro atoms. The molecule has 0 radical (unpaired) electrons. The third-order valence-corrected chi connectivity index (χ3v) is 3.18. The number of hydrogen-bond donors (Lipinski definition) is 1. The maximum Gasteiger partial charge on any atom is 0.138 e. The Hall–Kier alpha value is -1.58. The zero-order valence-corrected chi connectivity index (χ0v) is 12.6. The predicted octanol–water partition coefficient (Wildman–Crippen LogP) is 3.73. The van der Waals surface area contributed by atoms with E-state index in [9.17, 15) is 0 Å². The molecule has 0 atom stereocenters. The number of benzene rings is 1. The number of nitrogens with one attached hydrogen (secondary N) is 1. The van der Waals surface area contributed by atoms with Gasteiger partial charge in [-0.2, -0.15) is 0 Å². The standard InChI is InChI=1S/C16H19ClN2O/c1-3-18-10-13-5-4-6-14(19-13)11-20-16-8-7-12(2)9-15(16)17/h4-9,18H,3,10-11H2,1-2H3. The zero-order valence-electron chi connectivity index (χ0n) is 11.8. The molecule has 3 nitrogen and oxygen atoms in total. The molecular weight excluding hydrogens is 272 g/mol. The molecule has 0 bridgehead atoms. The number of aromatic nitrogens is 1. The Morgan fingerprint density at radius 3 is 2.75 bits per heavy atom. The first kappa shape index (κ1) is 14.8. The number of pyridine rings is 1. The maximum absolute atomic E-state index is 6.14. The van der Waals surface area contributed by atoms with Gasteiger partial charge in [-0.15, -0.1) is 0 Å². The van der Waals surface area contributed by atoms with Crippen LogP contribution in [-0.4, -0.2) is 11.5 Å². The number of halogens is 1. The molecule has 1 aromatic carbocycles. The van der Waals surface area contributed by atoms with Crippen LogP contribution < -0.4 is 10.1 Å². The SMILES string of the molecule is CCNCc1cccc(COc2ccc(C)cc2Cl)n1. The summed E-state index contributed by atoms with van der Waals surface area (Å²) in [4.78, 5) is 4.54. The quantitative estimate of drug-likeness (QED) is 0.880. The Morgan fingerprint density at radius 1 is 1.20 bits per heavy atom. The van der Waals surface area contributed by atoms with Gasteiger partial charge in [-0.05, 0) is 43.3 Å². The zero-order chi connectivity index (χ0) is 14.4. The Morgan fingerprint density at radius 2 is 2.00 bits per heavy atom. The summed E-state index contributed by atoms with van der Waals surface area (Å²) >= 11 is 6.14. The number of ether oxygens (including phenoxy) is 1. The van der Waals surface area contributed by atoms with Crippen molar-refractivity contribution >= 4 is 11.6 Å². The van der Waals surface area contributed by atoms with Crippen LogP contribution in [-0.2, 0) is 13.2 Å². The highest BCUT2D eigenvalue weighted by Crippen LogP contribution is 2.25. The van der Waals surface area contributed by atoms with Crippen molar-refractivity contribution in [3.05, 3.63) is 58.4 Å². The van der Waals surface area contributed by atoms with Gasteiger partial charge in [0.2, 0.25) is 0 Å². The highest BCUT2D eigenvalue weighted by Gasteiger charge is 2.03. The van der Waals surface area contributed by atoms with Crippen LogP contribution in [0.4, 0.5) is 0 Å². The van der Waals surface area contributed by atoms with Crippen LogP contribution in [0.5, 0.6) is 5.75 Å². The van der Waals surface area contributed by atoms with E-state index in [1.165, 1.54) is 0 Å². The summed E-state index contributed by atoms with van der Waals surface area (Å²) in [5, 5.41) is 3.89. The van der Waals surface area contributed by atoms with E-state index in [0.29, 0.717) is 17.4 Å². The van der Waals surface area contributed by atoms with Crippen LogP contribution >= 0.6 is 11.6 Å². The van der Waals surface area contributed by atoms with E-state index < -0.39 is 0 Å². The summed E-state index contributed by atoms with van der Waals surface area (Å²) < 4.78 is 5.72. The predicted molar refractivity (Wildman–Crippen MR) is 82.1 cm³/mol. The van der Waals surface area contributed by atoms with Gasteiger partial charge in [-0.1, -0.05) is 30.7 Å². The normalized spacial score (nSPS) is 10.6. The summed E-state index contributed by atoms with van der Waals surface area (Å²) in [7, 11) is 0. The average molecular weight is 291 g/mol. The van der Waals surface area contributed by atoms with Crippen LogP contribution in [0.2, 0.25) is 5.02 Å². The minimum absolute atomic E-state index is 0.419. The van der Waals surface area contributed by atoms with Gasteiger partial charge < -0.3 is 10.1 Å². The first-order chi connectivity index (χ1) is 9.69. The molecule has 0 aliphatic rings. The van der Waals surface area contributed by atoms with Crippen LogP contribution in [0.15, 0.2) is 36.4 Å². The maximum atomic E-state index is 6.14. The van der Waals surface area contributed by atoms with Gasteiger partial charge in [0.05, 0.1) is 16.4 Å². The van der Waals surface area contributed by atoms with Gasteiger partial charge >= 0.3 is 0 Å². The van der Waals surface area contributed by atoms with Crippen molar-refractivity contribution in [3.63, 3.8) is 0 Å². The minimum Gasteiger partial charge on any atom is -0.486 e. The third kappa shape index (κ3) is 4.22. The first-order valence-electron chi connectivity index (χ1n) is 6.73. The fourth-order valence-corrected chi connectivity index (χ4v) is 2.13. The van der Waals surface area contributed by atoms with Gasteiger partial charge in [-0.3, -0.25) is 4.98 Å². The van der Waals surface area contributed by atoms with Crippen molar-refractivity contribution < 1.29 is 4.74 Å². The van der Waals surface area contributed by atoms with Crippen LogP contribution in [0.25, 0.3) is 0 Å². The van der Waals surface area contributed by atoms with E-state index in [1.807, 2.05) is 43.3 Å². The molecule has 2 aromatic rings. The smallest absolute Gasteiger partial charge is 0.138 e. The highest BCUT2D eigenvalue weighted by molar-refractivity contribution is 6.32. The highest BCUT2D eigenvalue weighted by atomic mass is 35.5. The third-order valence-electron chi connectivity index (χ3n) is 2.88. The van der Waals surface area contributed by atoms with Crippen molar-refractivity contribution in [3.8, 4) is 5.75 Å². The van der Waals surface area contributed by atoms with Crippen molar-refractivity contribution in [2.24, 2.45) is 0 Å². The van der Waals surface area contributed by atoms with Gasteiger partial charge in [0.1, 0.15) is 12.4 Å². The summed E-state index contributed by atoms with van der Waals surface area (Å²) in [5.41, 5.74) is 3.04. The molecule has 20 heavy (non-hydrogen) atoms. The number of hydrogen-bond acceptors (Lipinski definition) is 3. The number of nitrogens with zero attached hydrogens (tertiary/aromatic N) is 1. The van der Waals surface area contributed by atoms with E-state index in [-0.39, 0.29) is 0 Å². The molecule has 0 aliphatic carbocycles. The van der Waals surface area contributed by atoms with E-state index in [2.05, 4.69) is 17.2 Å². The van der Waals surface area contributed by atoms with E-state index in [0.717, 1.165) is 30.0 Å². The Labute approximate surface area is 124 Å². The van der Waals surface area contributed by atoms with Gasteiger partial charge in [0.15, 0.2) is 0 Å². The number of aryl methyl sites for hydroxylation is 1. The molecular formula is C16H19ClN2O. The Balaban J connectivity index is 1.99. The van der Waals surface area contributed by atoms with E-state index in [4.69, 9.17) is 16.3 Å². The molecule has 0 fully saturated rings. The van der Waals surface area contributed by atoms with Gasteiger partial charge in [0, 0.05) is 6.54 Å². The summed E-state index contributed by atoms with van der Waals surface area (Å²) in [6, 6.07) is 11.7. The fraction of sp³-hybridized carbons (Fsp3) is 0.312. The molecule has 0 saturated heterocycles. The molecule has 0 amide bonds. The largest absolute Gasteiger partial charge is 0.486 e. The van der Waals surface area contributed by atoms with Crippen LogP contribution in [0.3, 0.4) is 0 Å². The van der Waals surface area contributed by atoms with Crippen molar-refractivity contribution in [2.75, 3.05) is 6.54 Å². The Kier molecular flexibility index (Phi) is 5.39.